The Morgan fingerprint density at radius 3 is 2.43 bits per heavy atom. The summed E-state index contributed by atoms with van der Waals surface area (Å²) in [5.41, 5.74) is -0.123. The Bertz CT molecular complexity index is 372. The topological polar surface area (TPSA) is 37.3 Å². The molecule has 0 aliphatic heterocycles. The average Bonchev–Trinajstić information content (AvgIpc) is 2.09. The number of carbonyl (C=O) groups is 1. The molecule has 0 heterocycles. The predicted molar refractivity (Wildman–Crippen MR) is 62.5 cm³/mol. The fourth-order valence-electron chi connectivity index (χ4n) is 1.10. The van der Waals surface area contributed by atoms with Gasteiger partial charge in [-0.1, -0.05) is 12.1 Å². The summed E-state index contributed by atoms with van der Waals surface area (Å²) < 4.78 is 1.66. The van der Waals surface area contributed by atoms with E-state index >= 15 is 0 Å². The van der Waals surface area contributed by atoms with Gasteiger partial charge in [0, 0.05) is 8.95 Å². The van der Waals surface area contributed by atoms with Crippen molar-refractivity contribution < 1.29 is 9.90 Å². The van der Waals surface area contributed by atoms with Crippen LogP contribution >= 0.6 is 31.9 Å². The van der Waals surface area contributed by atoms with Crippen molar-refractivity contribution in [2.24, 2.45) is 0 Å². The fourth-order valence-corrected chi connectivity index (χ4v) is 2.23. The zero-order chi connectivity index (χ0) is 10.9. The van der Waals surface area contributed by atoms with E-state index in [9.17, 15) is 4.79 Å². The fraction of sp³-hybridized carbons (Fsp3) is 0.300. The molecule has 0 atom stereocenters. The van der Waals surface area contributed by atoms with Crippen LogP contribution in [0.4, 0.5) is 0 Å². The first-order valence-corrected chi connectivity index (χ1v) is 5.64. The molecule has 1 aromatic carbocycles. The minimum atomic E-state index is -0.886. The molecule has 0 amide bonds. The Labute approximate surface area is 99.6 Å². The van der Waals surface area contributed by atoms with Gasteiger partial charge >= 0.3 is 5.97 Å². The molecule has 2 nitrogen and oxygen atoms in total. The summed E-state index contributed by atoms with van der Waals surface area (Å²) in [6.45, 7) is 3.36. The Hall–Kier alpha value is -0.350. The molecule has 4 heteroatoms. The maximum atomic E-state index is 11.0. The average molecular weight is 322 g/mol. The quantitative estimate of drug-likeness (QED) is 0.904. The van der Waals surface area contributed by atoms with Crippen molar-refractivity contribution >= 4 is 37.8 Å². The van der Waals surface area contributed by atoms with Crippen LogP contribution in [0.3, 0.4) is 0 Å². The minimum Gasteiger partial charge on any atom is -0.481 e. The molecule has 1 aromatic rings. The number of halogens is 2. The highest BCUT2D eigenvalue weighted by Crippen LogP contribution is 2.34. The molecule has 0 fully saturated rings. The predicted octanol–water partition coefficient (Wildman–Crippen LogP) is 3.57. The van der Waals surface area contributed by atoms with Crippen molar-refractivity contribution in [3.05, 3.63) is 32.7 Å². The molecular weight excluding hydrogens is 312 g/mol. The Balaban J connectivity index is 3.33. The second kappa shape index (κ2) is 4.03. The van der Waals surface area contributed by atoms with Crippen molar-refractivity contribution in [2.75, 3.05) is 0 Å². The largest absolute Gasteiger partial charge is 0.481 e. The van der Waals surface area contributed by atoms with Gasteiger partial charge in [-0.15, -0.1) is 0 Å². The van der Waals surface area contributed by atoms with Crippen LogP contribution in [-0.2, 0) is 10.2 Å². The number of carboxylic acid groups (broad SMARTS) is 1. The molecule has 0 saturated carbocycles. The van der Waals surface area contributed by atoms with E-state index < -0.39 is 11.4 Å². The number of hydrogen-bond acceptors (Lipinski definition) is 1. The van der Waals surface area contributed by atoms with Gasteiger partial charge in [0.15, 0.2) is 0 Å². The normalized spacial score (nSPS) is 11.4. The zero-order valence-electron chi connectivity index (χ0n) is 7.84. The van der Waals surface area contributed by atoms with Gasteiger partial charge in [-0.2, -0.15) is 0 Å². The SMILES string of the molecule is CC(C)(C(=O)O)c1cccc(Br)c1Br. The molecule has 0 bridgehead atoms. The standard InChI is InChI=1S/C10H10Br2O2/c1-10(2,9(13)14)6-4-3-5-7(11)8(6)12/h3-5H,1-2H3,(H,13,14). The van der Waals surface area contributed by atoms with E-state index in [1.807, 2.05) is 18.2 Å². The van der Waals surface area contributed by atoms with Crippen molar-refractivity contribution in [2.45, 2.75) is 19.3 Å². The number of carboxylic acids is 1. The minimum absolute atomic E-state index is 0.763. The summed E-state index contributed by atoms with van der Waals surface area (Å²) in [6, 6.07) is 5.50. The van der Waals surface area contributed by atoms with E-state index in [2.05, 4.69) is 31.9 Å². The second-order valence-electron chi connectivity index (χ2n) is 3.53. The van der Waals surface area contributed by atoms with Crippen LogP contribution in [0.1, 0.15) is 19.4 Å². The van der Waals surface area contributed by atoms with E-state index in [4.69, 9.17) is 5.11 Å². The van der Waals surface area contributed by atoms with Gasteiger partial charge in [-0.3, -0.25) is 4.79 Å². The maximum Gasteiger partial charge on any atom is 0.313 e. The highest BCUT2D eigenvalue weighted by molar-refractivity contribution is 9.13. The third kappa shape index (κ3) is 2.01. The molecular formula is C10H10Br2O2. The lowest BCUT2D eigenvalue weighted by Crippen LogP contribution is -2.28. The molecule has 0 aliphatic carbocycles. The molecule has 0 spiro atoms. The van der Waals surface area contributed by atoms with E-state index in [-0.39, 0.29) is 0 Å². The van der Waals surface area contributed by atoms with Crippen LogP contribution in [-0.4, -0.2) is 11.1 Å². The Morgan fingerprint density at radius 1 is 1.36 bits per heavy atom. The van der Waals surface area contributed by atoms with Gasteiger partial charge in [0.25, 0.3) is 0 Å². The van der Waals surface area contributed by atoms with Gasteiger partial charge in [0.05, 0.1) is 5.41 Å². The first-order valence-electron chi connectivity index (χ1n) is 4.05. The first kappa shape index (κ1) is 11.7. The zero-order valence-corrected chi connectivity index (χ0v) is 11.0. The van der Waals surface area contributed by atoms with Crippen molar-refractivity contribution in [1.82, 2.24) is 0 Å². The Kier molecular flexibility index (Phi) is 3.37. The molecule has 1 N–H and O–H groups in total. The highest BCUT2D eigenvalue weighted by Gasteiger charge is 2.31. The molecule has 14 heavy (non-hydrogen) atoms. The summed E-state index contributed by atoms with van der Waals surface area (Å²) in [7, 11) is 0. The van der Waals surface area contributed by atoms with Crippen LogP contribution in [0.15, 0.2) is 27.1 Å². The summed E-state index contributed by atoms with van der Waals surface area (Å²) in [5.74, 6) is -0.837. The van der Waals surface area contributed by atoms with E-state index in [0.29, 0.717) is 0 Å². The van der Waals surface area contributed by atoms with Crippen LogP contribution in [0.2, 0.25) is 0 Å². The molecule has 0 radical (unpaired) electrons. The second-order valence-corrected chi connectivity index (χ2v) is 5.18. The monoisotopic (exact) mass is 320 g/mol. The number of aliphatic carboxylic acids is 1. The van der Waals surface area contributed by atoms with Crippen LogP contribution < -0.4 is 0 Å². The van der Waals surface area contributed by atoms with Crippen molar-refractivity contribution in [3.63, 3.8) is 0 Å². The van der Waals surface area contributed by atoms with Gasteiger partial charge in [0.1, 0.15) is 0 Å². The summed E-state index contributed by atoms with van der Waals surface area (Å²) in [4.78, 5) is 11.0. The van der Waals surface area contributed by atoms with Crippen molar-refractivity contribution in [3.8, 4) is 0 Å². The third-order valence-corrected chi connectivity index (χ3v) is 4.21. The molecule has 1 rings (SSSR count). The summed E-state index contributed by atoms with van der Waals surface area (Å²) in [5, 5.41) is 9.07. The van der Waals surface area contributed by atoms with Crippen LogP contribution in [0.25, 0.3) is 0 Å². The lowest BCUT2D eigenvalue weighted by atomic mass is 9.85. The van der Waals surface area contributed by atoms with E-state index in [0.717, 1.165) is 14.5 Å². The van der Waals surface area contributed by atoms with Gasteiger partial charge in [-0.05, 0) is 57.3 Å². The third-order valence-electron chi connectivity index (χ3n) is 2.16. The summed E-state index contributed by atoms with van der Waals surface area (Å²) in [6.07, 6.45) is 0. The molecule has 76 valence electrons. The smallest absolute Gasteiger partial charge is 0.313 e. The van der Waals surface area contributed by atoms with Gasteiger partial charge in [-0.25, -0.2) is 0 Å². The summed E-state index contributed by atoms with van der Waals surface area (Å²) >= 11 is 6.72. The number of hydrogen-bond donors (Lipinski definition) is 1. The van der Waals surface area contributed by atoms with Crippen LogP contribution in [0, 0.1) is 0 Å². The lowest BCUT2D eigenvalue weighted by Gasteiger charge is -2.21. The van der Waals surface area contributed by atoms with Crippen LogP contribution in [0.5, 0.6) is 0 Å². The Morgan fingerprint density at radius 2 is 1.93 bits per heavy atom. The molecule has 0 aromatic heterocycles. The van der Waals surface area contributed by atoms with Gasteiger partial charge < -0.3 is 5.11 Å². The van der Waals surface area contributed by atoms with Crippen molar-refractivity contribution in [1.29, 1.82) is 0 Å². The number of rotatable bonds is 2. The number of benzene rings is 1. The molecule has 0 unspecified atom stereocenters. The highest BCUT2D eigenvalue weighted by atomic mass is 79.9. The first-order chi connectivity index (χ1) is 6.37. The van der Waals surface area contributed by atoms with Gasteiger partial charge in [0.2, 0.25) is 0 Å². The lowest BCUT2D eigenvalue weighted by molar-refractivity contribution is -0.142. The molecule has 0 saturated heterocycles. The van der Waals surface area contributed by atoms with E-state index in [1.165, 1.54) is 0 Å². The van der Waals surface area contributed by atoms with E-state index in [1.54, 1.807) is 13.8 Å². The molecule has 0 aliphatic rings. The maximum absolute atomic E-state index is 11.0.